The Balaban J connectivity index is 2.24. The second-order valence-electron chi connectivity index (χ2n) is 2.62. The second kappa shape index (κ2) is 3.44. The van der Waals surface area contributed by atoms with Gasteiger partial charge in [-0.1, -0.05) is 0 Å². The van der Waals surface area contributed by atoms with Gasteiger partial charge in [0.2, 0.25) is 0 Å². The zero-order valence-corrected chi connectivity index (χ0v) is 9.21. The largest absolute Gasteiger partial charge is 0.319 e. The SMILES string of the molecule is Cn1ncnc1Cn1ccnc1I. The van der Waals surface area contributed by atoms with E-state index in [0.717, 1.165) is 16.2 Å². The molecule has 0 aliphatic rings. The van der Waals surface area contributed by atoms with E-state index in [1.165, 1.54) is 0 Å². The highest BCUT2D eigenvalue weighted by molar-refractivity contribution is 14.1. The van der Waals surface area contributed by atoms with Gasteiger partial charge in [0.1, 0.15) is 12.2 Å². The van der Waals surface area contributed by atoms with Gasteiger partial charge >= 0.3 is 0 Å². The Morgan fingerprint density at radius 2 is 2.31 bits per heavy atom. The first-order valence-electron chi connectivity index (χ1n) is 3.77. The first-order chi connectivity index (χ1) is 6.27. The molecule has 0 bridgehead atoms. The minimum atomic E-state index is 0.717. The van der Waals surface area contributed by atoms with Crippen molar-refractivity contribution < 1.29 is 0 Å². The van der Waals surface area contributed by atoms with Crippen LogP contribution in [-0.2, 0) is 13.6 Å². The van der Waals surface area contributed by atoms with Crippen molar-refractivity contribution in [1.29, 1.82) is 0 Å². The molecule has 0 saturated carbocycles. The van der Waals surface area contributed by atoms with Gasteiger partial charge in [-0.3, -0.25) is 4.68 Å². The molecule has 0 amide bonds. The van der Waals surface area contributed by atoms with Crippen LogP contribution in [0.2, 0.25) is 0 Å². The average Bonchev–Trinajstić information content (AvgIpc) is 2.65. The molecule has 2 aromatic rings. The van der Waals surface area contributed by atoms with Crippen LogP contribution in [-0.4, -0.2) is 24.3 Å². The highest BCUT2D eigenvalue weighted by Crippen LogP contribution is 2.04. The molecule has 0 aromatic carbocycles. The van der Waals surface area contributed by atoms with Gasteiger partial charge in [-0.15, -0.1) is 0 Å². The number of halogens is 1. The maximum absolute atomic E-state index is 4.13. The Bertz CT molecular complexity index is 366. The zero-order valence-electron chi connectivity index (χ0n) is 7.05. The summed E-state index contributed by atoms with van der Waals surface area (Å²) in [7, 11) is 1.88. The van der Waals surface area contributed by atoms with E-state index in [4.69, 9.17) is 0 Å². The molecule has 0 fully saturated rings. The summed E-state index contributed by atoms with van der Waals surface area (Å²) in [4.78, 5) is 8.25. The quantitative estimate of drug-likeness (QED) is 0.763. The number of aryl methyl sites for hydroxylation is 1. The summed E-state index contributed by atoms with van der Waals surface area (Å²) in [6, 6.07) is 0. The summed E-state index contributed by atoms with van der Waals surface area (Å²) in [5.41, 5.74) is 0. The number of rotatable bonds is 2. The van der Waals surface area contributed by atoms with Gasteiger partial charge in [0.05, 0.1) is 6.54 Å². The third-order valence-corrected chi connectivity index (χ3v) is 2.68. The Labute approximate surface area is 88.9 Å². The summed E-state index contributed by atoms with van der Waals surface area (Å²) in [5.74, 6) is 0.927. The van der Waals surface area contributed by atoms with Crippen LogP contribution < -0.4 is 0 Å². The smallest absolute Gasteiger partial charge is 0.171 e. The van der Waals surface area contributed by atoms with Crippen molar-refractivity contribution >= 4 is 22.6 Å². The van der Waals surface area contributed by atoms with Crippen molar-refractivity contribution in [3.05, 3.63) is 28.4 Å². The minimum Gasteiger partial charge on any atom is -0.319 e. The van der Waals surface area contributed by atoms with Crippen LogP contribution >= 0.6 is 22.6 Å². The van der Waals surface area contributed by atoms with Crippen molar-refractivity contribution in [2.24, 2.45) is 7.05 Å². The highest BCUT2D eigenvalue weighted by Gasteiger charge is 2.03. The van der Waals surface area contributed by atoms with Crippen LogP contribution in [0, 0.1) is 3.83 Å². The Morgan fingerprint density at radius 1 is 1.46 bits per heavy atom. The van der Waals surface area contributed by atoms with E-state index < -0.39 is 0 Å². The molecule has 0 atom stereocenters. The van der Waals surface area contributed by atoms with E-state index >= 15 is 0 Å². The maximum atomic E-state index is 4.13. The summed E-state index contributed by atoms with van der Waals surface area (Å²) in [6.45, 7) is 0.717. The van der Waals surface area contributed by atoms with Crippen molar-refractivity contribution in [3.8, 4) is 0 Å². The normalized spacial score (nSPS) is 10.6. The van der Waals surface area contributed by atoms with Crippen LogP contribution in [0.5, 0.6) is 0 Å². The van der Waals surface area contributed by atoms with E-state index in [1.54, 1.807) is 17.2 Å². The van der Waals surface area contributed by atoms with E-state index in [-0.39, 0.29) is 0 Å². The molecule has 0 aliphatic carbocycles. The van der Waals surface area contributed by atoms with E-state index in [9.17, 15) is 0 Å². The van der Waals surface area contributed by atoms with Gasteiger partial charge in [-0.2, -0.15) is 5.10 Å². The molecular weight excluding hydrogens is 281 g/mol. The van der Waals surface area contributed by atoms with Crippen molar-refractivity contribution in [3.63, 3.8) is 0 Å². The maximum Gasteiger partial charge on any atom is 0.171 e. The van der Waals surface area contributed by atoms with E-state index in [1.807, 2.05) is 17.8 Å². The predicted octanol–water partition coefficient (Wildman–Crippen LogP) is 0.664. The Morgan fingerprint density at radius 3 is 2.85 bits per heavy atom. The van der Waals surface area contributed by atoms with Crippen LogP contribution in [0.1, 0.15) is 5.82 Å². The van der Waals surface area contributed by atoms with Gasteiger partial charge in [-0.25, -0.2) is 9.97 Å². The number of aromatic nitrogens is 5. The Kier molecular flexibility index (Phi) is 2.30. The molecule has 68 valence electrons. The van der Waals surface area contributed by atoms with Gasteiger partial charge in [0.15, 0.2) is 3.83 Å². The third kappa shape index (κ3) is 1.71. The lowest BCUT2D eigenvalue weighted by Gasteiger charge is -2.02. The minimum absolute atomic E-state index is 0.717. The first-order valence-corrected chi connectivity index (χ1v) is 4.85. The fourth-order valence-corrected chi connectivity index (χ4v) is 1.54. The highest BCUT2D eigenvalue weighted by atomic mass is 127. The van der Waals surface area contributed by atoms with Gasteiger partial charge in [0.25, 0.3) is 0 Å². The standard InChI is InChI=1S/C7H8IN5/c1-12-6(10-5-11-12)4-13-3-2-9-7(13)8/h2-3,5H,4H2,1H3. The van der Waals surface area contributed by atoms with Gasteiger partial charge in [-0.05, 0) is 22.6 Å². The fraction of sp³-hybridized carbons (Fsp3) is 0.286. The monoisotopic (exact) mass is 289 g/mol. The third-order valence-electron chi connectivity index (χ3n) is 1.78. The summed E-state index contributed by atoms with van der Waals surface area (Å²) < 4.78 is 4.74. The second-order valence-corrected chi connectivity index (χ2v) is 3.59. The Hall–Kier alpha value is -0.920. The number of hydrogen-bond donors (Lipinski definition) is 0. The van der Waals surface area contributed by atoms with Crippen molar-refractivity contribution in [1.82, 2.24) is 24.3 Å². The first kappa shape index (κ1) is 8.67. The molecule has 0 unspecified atom stereocenters. The molecule has 0 aliphatic heterocycles. The molecule has 6 heteroatoms. The molecule has 0 N–H and O–H groups in total. The number of hydrogen-bond acceptors (Lipinski definition) is 3. The van der Waals surface area contributed by atoms with E-state index in [0.29, 0.717) is 0 Å². The molecule has 2 rings (SSSR count). The molecule has 0 saturated heterocycles. The van der Waals surface area contributed by atoms with Crippen LogP contribution in [0.25, 0.3) is 0 Å². The molecular formula is C7H8IN5. The molecule has 0 radical (unpaired) electrons. The summed E-state index contributed by atoms with van der Waals surface area (Å²) in [5, 5.41) is 4.00. The topological polar surface area (TPSA) is 48.5 Å². The number of nitrogens with zero attached hydrogens (tertiary/aromatic N) is 5. The summed E-state index contributed by atoms with van der Waals surface area (Å²) in [6.07, 6.45) is 5.26. The lowest BCUT2D eigenvalue weighted by atomic mass is 10.6. The van der Waals surface area contributed by atoms with E-state index in [2.05, 4.69) is 37.7 Å². The molecule has 13 heavy (non-hydrogen) atoms. The van der Waals surface area contributed by atoms with Gasteiger partial charge < -0.3 is 4.57 Å². The summed E-state index contributed by atoms with van der Waals surface area (Å²) >= 11 is 2.19. The predicted molar refractivity (Wildman–Crippen MR) is 55.0 cm³/mol. The van der Waals surface area contributed by atoms with Crippen LogP contribution in [0.4, 0.5) is 0 Å². The van der Waals surface area contributed by atoms with Crippen molar-refractivity contribution in [2.75, 3.05) is 0 Å². The van der Waals surface area contributed by atoms with Crippen LogP contribution in [0.15, 0.2) is 18.7 Å². The average molecular weight is 289 g/mol. The van der Waals surface area contributed by atoms with Gasteiger partial charge in [0, 0.05) is 19.4 Å². The zero-order chi connectivity index (χ0) is 9.26. The van der Waals surface area contributed by atoms with Crippen LogP contribution in [0.3, 0.4) is 0 Å². The molecule has 2 heterocycles. The molecule has 2 aromatic heterocycles. The van der Waals surface area contributed by atoms with Crippen molar-refractivity contribution in [2.45, 2.75) is 6.54 Å². The number of imidazole rings is 1. The molecule has 0 spiro atoms. The fourth-order valence-electron chi connectivity index (χ4n) is 1.04. The lowest BCUT2D eigenvalue weighted by molar-refractivity contribution is 0.645. The molecule has 5 nitrogen and oxygen atoms in total. The lowest BCUT2D eigenvalue weighted by Crippen LogP contribution is -2.07.